The molecule has 1 atom stereocenters. The Morgan fingerprint density at radius 1 is 1.25 bits per heavy atom. The molecule has 1 aliphatic rings. The number of primary amides is 2. The summed E-state index contributed by atoms with van der Waals surface area (Å²) in [6, 6.07) is 0. The van der Waals surface area contributed by atoms with Gasteiger partial charge in [0.15, 0.2) is 0 Å². The van der Waals surface area contributed by atoms with Crippen LogP contribution >= 0.6 is 0 Å². The van der Waals surface area contributed by atoms with E-state index in [1.165, 1.54) is 0 Å². The van der Waals surface area contributed by atoms with Gasteiger partial charge in [-0.15, -0.1) is 0 Å². The highest BCUT2D eigenvalue weighted by Crippen LogP contribution is 2.11. The van der Waals surface area contributed by atoms with Crippen LogP contribution < -0.4 is 16.8 Å². The average Bonchev–Trinajstić information content (AvgIpc) is 2.16. The Balaban J connectivity index is 2.40. The summed E-state index contributed by atoms with van der Waals surface area (Å²) < 4.78 is 0. The fraction of sp³-hybridized carbons (Fsp3) is 0.800. The van der Waals surface area contributed by atoms with E-state index in [0.717, 1.165) is 25.9 Å². The van der Waals surface area contributed by atoms with Crippen molar-refractivity contribution in [1.29, 1.82) is 0 Å². The zero-order valence-corrected chi connectivity index (χ0v) is 9.45. The molecule has 0 spiro atoms. The zero-order chi connectivity index (χ0) is 12.0. The van der Waals surface area contributed by atoms with Crippen LogP contribution in [0, 0.1) is 5.92 Å². The lowest BCUT2D eigenvalue weighted by molar-refractivity contribution is -0.122. The Labute approximate surface area is 95.3 Å². The molecule has 6 heteroatoms. The number of nitrogens with zero attached hydrogens (tertiary/aromatic N) is 1. The summed E-state index contributed by atoms with van der Waals surface area (Å²) in [6.07, 6.45) is 2.24. The number of amides is 2. The molecule has 1 rings (SSSR count). The summed E-state index contributed by atoms with van der Waals surface area (Å²) >= 11 is 0. The van der Waals surface area contributed by atoms with E-state index in [0.29, 0.717) is 12.5 Å². The number of carbonyl (C=O) groups is 2. The summed E-state index contributed by atoms with van der Waals surface area (Å²) in [4.78, 5) is 23.4. The van der Waals surface area contributed by atoms with Gasteiger partial charge in [-0.05, 0) is 31.8 Å². The summed E-state index contributed by atoms with van der Waals surface area (Å²) in [5.74, 6) is -0.387. The van der Waals surface area contributed by atoms with Crippen LogP contribution in [0.15, 0.2) is 0 Å². The largest absolute Gasteiger partial charge is 0.369 e. The number of carbonyl (C=O) groups excluding carboxylic acids is 2. The lowest BCUT2D eigenvalue weighted by Gasteiger charge is -2.28. The minimum absolute atomic E-state index is 0.0967. The minimum Gasteiger partial charge on any atom is -0.369 e. The Kier molecular flexibility index (Phi) is 5.21. The maximum atomic E-state index is 10.8. The van der Waals surface area contributed by atoms with Gasteiger partial charge in [-0.3, -0.25) is 14.5 Å². The normalized spacial score (nSPS) is 20.9. The van der Waals surface area contributed by atoms with E-state index in [2.05, 4.69) is 5.32 Å². The van der Waals surface area contributed by atoms with Crippen molar-refractivity contribution in [2.45, 2.75) is 12.8 Å². The zero-order valence-electron chi connectivity index (χ0n) is 9.45. The molecule has 0 bridgehead atoms. The molecule has 6 nitrogen and oxygen atoms in total. The smallest absolute Gasteiger partial charge is 0.231 e. The van der Waals surface area contributed by atoms with Crippen molar-refractivity contribution in [3.63, 3.8) is 0 Å². The van der Waals surface area contributed by atoms with Crippen molar-refractivity contribution >= 4 is 11.8 Å². The second-order valence-corrected chi connectivity index (χ2v) is 4.31. The minimum atomic E-state index is -0.426. The third-order valence-corrected chi connectivity index (χ3v) is 2.67. The van der Waals surface area contributed by atoms with E-state index in [-0.39, 0.29) is 13.1 Å². The van der Waals surface area contributed by atoms with Gasteiger partial charge in [-0.2, -0.15) is 0 Å². The Morgan fingerprint density at radius 3 is 2.31 bits per heavy atom. The fourth-order valence-corrected chi connectivity index (χ4v) is 2.07. The first kappa shape index (κ1) is 12.9. The Bertz CT molecular complexity index is 235. The highest BCUT2D eigenvalue weighted by atomic mass is 16.2. The van der Waals surface area contributed by atoms with Gasteiger partial charge in [0.05, 0.1) is 13.1 Å². The van der Waals surface area contributed by atoms with Gasteiger partial charge in [0, 0.05) is 6.54 Å². The Morgan fingerprint density at radius 2 is 1.88 bits per heavy atom. The van der Waals surface area contributed by atoms with Gasteiger partial charge in [-0.25, -0.2) is 0 Å². The van der Waals surface area contributed by atoms with Crippen LogP contribution in [-0.2, 0) is 9.59 Å². The maximum Gasteiger partial charge on any atom is 0.231 e. The molecule has 92 valence electrons. The van der Waals surface area contributed by atoms with Gasteiger partial charge in [0.25, 0.3) is 0 Å². The SMILES string of the molecule is NC(=O)CN(CC(N)=O)CC1CCCNC1. The first-order valence-electron chi connectivity index (χ1n) is 5.57. The molecule has 0 aromatic heterocycles. The average molecular weight is 228 g/mol. The predicted octanol–water partition coefficient (Wildman–Crippen LogP) is -1.74. The highest BCUT2D eigenvalue weighted by molar-refractivity contribution is 5.79. The van der Waals surface area contributed by atoms with E-state index in [4.69, 9.17) is 11.5 Å². The summed E-state index contributed by atoms with van der Waals surface area (Å²) in [5.41, 5.74) is 10.3. The second kappa shape index (κ2) is 6.44. The molecule has 0 aromatic carbocycles. The number of piperidine rings is 1. The van der Waals surface area contributed by atoms with Gasteiger partial charge >= 0.3 is 0 Å². The van der Waals surface area contributed by atoms with E-state index in [1.54, 1.807) is 4.90 Å². The van der Waals surface area contributed by atoms with Crippen molar-refractivity contribution in [3.8, 4) is 0 Å². The van der Waals surface area contributed by atoms with Crippen molar-refractivity contribution in [2.24, 2.45) is 17.4 Å². The first-order chi connectivity index (χ1) is 7.58. The molecular formula is C10H20N4O2. The van der Waals surface area contributed by atoms with E-state index in [9.17, 15) is 9.59 Å². The number of hydrogen-bond donors (Lipinski definition) is 3. The van der Waals surface area contributed by atoms with Crippen LogP contribution in [0.5, 0.6) is 0 Å². The third kappa shape index (κ3) is 5.09. The number of hydrogen-bond acceptors (Lipinski definition) is 4. The molecule has 0 aliphatic carbocycles. The number of rotatable bonds is 6. The first-order valence-corrected chi connectivity index (χ1v) is 5.57. The molecule has 1 saturated heterocycles. The summed E-state index contributed by atoms with van der Waals surface area (Å²) in [7, 11) is 0. The topological polar surface area (TPSA) is 101 Å². The van der Waals surface area contributed by atoms with Crippen LogP contribution in [0.1, 0.15) is 12.8 Å². The van der Waals surface area contributed by atoms with Crippen molar-refractivity contribution < 1.29 is 9.59 Å². The van der Waals surface area contributed by atoms with Crippen molar-refractivity contribution in [3.05, 3.63) is 0 Å². The molecule has 0 radical (unpaired) electrons. The van der Waals surface area contributed by atoms with Crippen LogP contribution in [0.4, 0.5) is 0 Å². The summed E-state index contributed by atoms with van der Waals surface area (Å²) in [6.45, 7) is 2.86. The second-order valence-electron chi connectivity index (χ2n) is 4.31. The number of nitrogens with two attached hydrogens (primary N) is 2. The predicted molar refractivity (Wildman–Crippen MR) is 60.4 cm³/mol. The van der Waals surface area contributed by atoms with Crippen LogP contribution in [0.25, 0.3) is 0 Å². The van der Waals surface area contributed by atoms with Crippen molar-refractivity contribution in [1.82, 2.24) is 10.2 Å². The molecule has 1 unspecified atom stereocenters. The lowest BCUT2D eigenvalue weighted by atomic mass is 9.99. The van der Waals surface area contributed by atoms with E-state index in [1.807, 2.05) is 0 Å². The monoisotopic (exact) mass is 228 g/mol. The quantitative estimate of drug-likeness (QED) is 0.502. The fourth-order valence-electron chi connectivity index (χ4n) is 2.07. The molecule has 1 fully saturated rings. The van der Waals surface area contributed by atoms with Gasteiger partial charge in [0.2, 0.25) is 11.8 Å². The molecule has 1 heterocycles. The summed E-state index contributed by atoms with van der Waals surface area (Å²) in [5, 5.41) is 3.29. The molecule has 0 aromatic rings. The molecule has 1 aliphatic heterocycles. The third-order valence-electron chi connectivity index (χ3n) is 2.67. The van der Waals surface area contributed by atoms with E-state index >= 15 is 0 Å². The van der Waals surface area contributed by atoms with Gasteiger partial charge in [0.1, 0.15) is 0 Å². The molecule has 5 N–H and O–H groups in total. The molecule has 0 saturated carbocycles. The standard InChI is InChI=1S/C10H20N4O2/c11-9(15)6-14(7-10(12)16)5-8-2-1-3-13-4-8/h8,13H,1-7H2,(H2,11,15)(H2,12,16). The van der Waals surface area contributed by atoms with Gasteiger partial charge < -0.3 is 16.8 Å². The van der Waals surface area contributed by atoms with Crippen LogP contribution in [0.2, 0.25) is 0 Å². The molecular weight excluding hydrogens is 208 g/mol. The number of nitrogens with one attached hydrogen (secondary N) is 1. The van der Waals surface area contributed by atoms with Crippen molar-refractivity contribution in [2.75, 3.05) is 32.7 Å². The Hall–Kier alpha value is -1.14. The van der Waals surface area contributed by atoms with E-state index < -0.39 is 11.8 Å². The van der Waals surface area contributed by atoms with Crippen LogP contribution in [-0.4, -0.2) is 49.4 Å². The highest BCUT2D eigenvalue weighted by Gasteiger charge is 2.19. The molecule has 16 heavy (non-hydrogen) atoms. The van der Waals surface area contributed by atoms with Gasteiger partial charge in [-0.1, -0.05) is 0 Å². The van der Waals surface area contributed by atoms with Crippen LogP contribution in [0.3, 0.4) is 0 Å². The molecule has 2 amide bonds. The maximum absolute atomic E-state index is 10.8. The lowest BCUT2D eigenvalue weighted by Crippen LogP contribution is -2.44.